The molecule has 0 spiro atoms. The molecule has 0 radical (unpaired) electrons. The molecule has 1 aromatic carbocycles. The van der Waals surface area contributed by atoms with Crippen molar-refractivity contribution in [3.63, 3.8) is 0 Å². The molecule has 5 heteroatoms. The minimum atomic E-state index is -0.217. The van der Waals surface area contributed by atoms with E-state index in [0.29, 0.717) is 21.3 Å². The Morgan fingerprint density at radius 3 is 2.41 bits per heavy atom. The van der Waals surface area contributed by atoms with E-state index in [-0.39, 0.29) is 5.91 Å². The molecule has 2 rings (SSSR count). The molecule has 1 heterocycles. The van der Waals surface area contributed by atoms with Crippen LogP contribution in [-0.4, -0.2) is 10.9 Å². The van der Waals surface area contributed by atoms with E-state index >= 15 is 0 Å². The number of benzene rings is 1. The molecule has 17 heavy (non-hydrogen) atoms. The van der Waals surface area contributed by atoms with Crippen molar-refractivity contribution in [3.05, 3.63) is 58.3 Å². The Balaban J connectivity index is 2.16. The zero-order valence-corrected chi connectivity index (χ0v) is 10.2. The van der Waals surface area contributed by atoms with Gasteiger partial charge in [0.25, 0.3) is 5.91 Å². The van der Waals surface area contributed by atoms with Crippen LogP contribution in [-0.2, 0) is 0 Å². The first-order chi connectivity index (χ1) is 8.16. The van der Waals surface area contributed by atoms with Crippen LogP contribution in [0.4, 0.5) is 5.69 Å². The second-order valence-electron chi connectivity index (χ2n) is 3.32. The van der Waals surface area contributed by atoms with Crippen LogP contribution in [0, 0.1) is 0 Å². The summed E-state index contributed by atoms with van der Waals surface area (Å²) in [6, 6.07) is 8.18. The zero-order valence-electron chi connectivity index (χ0n) is 8.65. The number of aromatic nitrogens is 1. The molecule has 86 valence electrons. The number of hydrogen-bond acceptors (Lipinski definition) is 2. The molecule has 0 aliphatic rings. The van der Waals surface area contributed by atoms with E-state index in [0.717, 1.165) is 0 Å². The summed E-state index contributed by atoms with van der Waals surface area (Å²) in [5, 5.41) is 3.57. The van der Waals surface area contributed by atoms with Crippen molar-refractivity contribution in [2.75, 3.05) is 5.32 Å². The first-order valence-electron chi connectivity index (χ1n) is 4.83. The van der Waals surface area contributed by atoms with Gasteiger partial charge in [-0.1, -0.05) is 23.2 Å². The Labute approximate surface area is 108 Å². The lowest BCUT2D eigenvalue weighted by atomic mass is 10.2. The third-order valence-corrected chi connectivity index (χ3v) is 2.86. The number of hydrogen-bond donors (Lipinski definition) is 1. The number of carbonyl (C=O) groups is 1. The van der Waals surface area contributed by atoms with Gasteiger partial charge >= 0.3 is 0 Å². The standard InChI is InChI=1S/C12H8Cl2N2O/c13-10-2-1-9(7-11(10)14)16-12(17)8-3-5-15-6-4-8/h1-7H,(H,16,17). The van der Waals surface area contributed by atoms with E-state index in [1.165, 1.54) is 0 Å². The van der Waals surface area contributed by atoms with Gasteiger partial charge in [0, 0.05) is 23.6 Å². The van der Waals surface area contributed by atoms with E-state index in [1.807, 2.05) is 0 Å². The van der Waals surface area contributed by atoms with E-state index in [2.05, 4.69) is 10.3 Å². The Bertz CT molecular complexity index is 543. The zero-order chi connectivity index (χ0) is 12.3. The van der Waals surface area contributed by atoms with E-state index in [1.54, 1.807) is 42.7 Å². The summed E-state index contributed by atoms with van der Waals surface area (Å²) in [6.07, 6.45) is 3.12. The van der Waals surface area contributed by atoms with Crippen molar-refractivity contribution >= 4 is 34.8 Å². The van der Waals surface area contributed by atoms with Crippen LogP contribution in [0.2, 0.25) is 10.0 Å². The van der Waals surface area contributed by atoms with Gasteiger partial charge < -0.3 is 5.32 Å². The molecule has 2 aromatic rings. The van der Waals surface area contributed by atoms with Crippen molar-refractivity contribution in [3.8, 4) is 0 Å². The highest BCUT2D eigenvalue weighted by Gasteiger charge is 2.06. The van der Waals surface area contributed by atoms with Crippen molar-refractivity contribution in [1.82, 2.24) is 4.98 Å². The van der Waals surface area contributed by atoms with E-state index in [9.17, 15) is 4.79 Å². The summed E-state index contributed by atoms with van der Waals surface area (Å²) in [5.41, 5.74) is 1.13. The van der Waals surface area contributed by atoms with Crippen molar-refractivity contribution in [2.24, 2.45) is 0 Å². The van der Waals surface area contributed by atoms with Gasteiger partial charge in [0.15, 0.2) is 0 Å². The lowest BCUT2D eigenvalue weighted by Gasteiger charge is -2.05. The first-order valence-corrected chi connectivity index (χ1v) is 5.59. The van der Waals surface area contributed by atoms with Crippen LogP contribution in [0.1, 0.15) is 10.4 Å². The fourth-order valence-electron chi connectivity index (χ4n) is 1.28. The number of rotatable bonds is 2. The fraction of sp³-hybridized carbons (Fsp3) is 0. The third-order valence-electron chi connectivity index (χ3n) is 2.12. The van der Waals surface area contributed by atoms with Gasteiger partial charge in [-0.15, -0.1) is 0 Å². The average molecular weight is 267 g/mol. The summed E-state index contributed by atoms with van der Waals surface area (Å²) in [5.74, 6) is -0.217. The highest BCUT2D eigenvalue weighted by Crippen LogP contribution is 2.25. The van der Waals surface area contributed by atoms with Gasteiger partial charge in [-0.25, -0.2) is 0 Å². The molecule has 1 amide bonds. The molecule has 1 N–H and O–H groups in total. The molecule has 0 aliphatic carbocycles. The molecule has 3 nitrogen and oxygen atoms in total. The number of pyridine rings is 1. The number of nitrogens with zero attached hydrogens (tertiary/aromatic N) is 1. The molecule has 0 fully saturated rings. The van der Waals surface area contributed by atoms with E-state index in [4.69, 9.17) is 23.2 Å². The Kier molecular flexibility index (Phi) is 3.61. The van der Waals surface area contributed by atoms with Crippen LogP contribution in [0.25, 0.3) is 0 Å². The van der Waals surface area contributed by atoms with Gasteiger partial charge in [-0.2, -0.15) is 0 Å². The van der Waals surface area contributed by atoms with Crippen LogP contribution < -0.4 is 5.32 Å². The molecule has 0 saturated heterocycles. The minimum Gasteiger partial charge on any atom is -0.322 e. The van der Waals surface area contributed by atoms with Gasteiger partial charge in [0.05, 0.1) is 10.0 Å². The van der Waals surface area contributed by atoms with Crippen LogP contribution in [0.5, 0.6) is 0 Å². The van der Waals surface area contributed by atoms with Crippen molar-refractivity contribution in [1.29, 1.82) is 0 Å². The maximum atomic E-state index is 11.8. The maximum Gasteiger partial charge on any atom is 0.255 e. The van der Waals surface area contributed by atoms with Gasteiger partial charge in [0.2, 0.25) is 0 Å². The SMILES string of the molecule is O=C(Nc1ccc(Cl)c(Cl)c1)c1ccncc1. The van der Waals surface area contributed by atoms with Crippen molar-refractivity contribution < 1.29 is 4.79 Å². The Morgan fingerprint density at radius 2 is 1.76 bits per heavy atom. The molecular weight excluding hydrogens is 259 g/mol. The van der Waals surface area contributed by atoms with Crippen molar-refractivity contribution in [2.45, 2.75) is 0 Å². The van der Waals surface area contributed by atoms with Gasteiger partial charge in [-0.05, 0) is 30.3 Å². The number of halogens is 2. The first kappa shape index (κ1) is 11.9. The lowest BCUT2D eigenvalue weighted by molar-refractivity contribution is 0.102. The van der Waals surface area contributed by atoms with Gasteiger partial charge in [-0.3, -0.25) is 9.78 Å². The predicted octanol–water partition coefficient (Wildman–Crippen LogP) is 3.64. The quantitative estimate of drug-likeness (QED) is 0.902. The molecule has 0 unspecified atom stereocenters. The topological polar surface area (TPSA) is 42.0 Å². The third kappa shape index (κ3) is 2.96. The monoisotopic (exact) mass is 266 g/mol. The molecule has 0 atom stereocenters. The Hall–Kier alpha value is -1.58. The predicted molar refractivity (Wildman–Crippen MR) is 68.7 cm³/mol. The minimum absolute atomic E-state index is 0.217. The smallest absolute Gasteiger partial charge is 0.255 e. The molecule has 0 saturated carbocycles. The van der Waals surface area contributed by atoms with Gasteiger partial charge in [0.1, 0.15) is 0 Å². The number of amides is 1. The fourth-order valence-corrected chi connectivity index (χ4v) is 1.58. The largest absolute Gasteiger partial charge is 0.322 e. The summed E-state index contributed by atoms with van der Waals surface area (Å²) in [4.78, 5) is 15.6. The molecule has 0 aliphatic heterocycles. The van der Waals surface area contributed by atoms with Crippen LogP contribution in [0.15, 0.2) is 42.7 Å². The second kappa shape index (κ2) is 5.17. The summed E-state index contributed by atoms with van der Waals surface area (Å²) in [6.45, 7) is 0. The molecule has 0 bridgehead atoms. The highest BCUT2D eigenvalue weighted by atomic mass is 35.5. The van der Waals surface area contributed by atoms with E-state index < -0.39 is 0 Å². The second-order valence-corrected chi connectivity index (χ2v) is 4.13. The summed E-state index contributed by atoms with van der Waals surface area (Å²) in [7, 11) is 0. The summed E-state index contributed by atoms with van der Waals surface area (Å²) >= 11 is 11.6. The van der Waals surface area contributed by atoms with Crippen LogP contribution in [0.3, 0.4) is 0 Å². The lowest BCUT2D eigenvalue weighted by Crippen LogP contribution is -2.11. The highest BCUT2D eigenvalue weighted by molar-refractivity contribution is 6.42. The average Bonchev–Trinajstić information content (AvgIpc) is 2.35. The van der Waals surface area contributed by atoms with Crippen LogP contribution >= 0.6 is 23.2 Å². The maximum absolute atomic E-state index is 11.8. The number of carbonyl (C=O) groups excluding carboxylic acids is 1. The normalized spacial score (nSPS) is 10.0. The summed E-state index contributed by atoms with van der Waals surface area (Å²) < 4.78 is 0. The number of anilines is 1. The molecular formula is C12H8Cl2N2O. The Morgan fingerprint density at radius 1 is 1.06 bits per heavy atom. The number of nitrogens with one attached hydrogen (secondary N) is 1. The molecule has 1 aromatic heterocycles.